The highest BCUT2D eigenvalue weighted by molar-refractivity contribution is 7.10. The highest BCUT2D eigenvalue weighted by atomic mass is 32.1. The predicted octanol–water partition coefficient (Wildman–Crippen LogP) is 3.84. The van der Waals surface area contributed by atoms with Gasteiger partial charge in [0.2, 0.25) is 0 Å². The highest BCUT2D eigenvalue weighted by Crippen LogP contribution is 2.27. The van der Waals surface area contributed by atoms with Crippen molar-refractivity contribution in [2.75, 3.05) is 7.11 Å². The van der Waals surface area contributed by atoms with Gasteiger partial charge in [-0.15, -0.1) is 11.3 Å². The van der Waals surface area contributed by atoms with Crippen molar-refractivity contribution in [3.05, 3.63) is 46.8 Å². The minimum Gasteiger partial charge on any atom is -0.497 e. The number of nitriles is 1. The molecule has 0 N–H and O–H groups in total. The summed E-state index contributed by atoms with van der Waals surface area (Å²) in [6, 6.07) is 14.1. The minimum absolute atomic E-state index is 0.491. The number of methoxy groups -OCH3 is 1. The van der Waals surface area contributed by atoms with E-state index in [2.05, 4.69) is 17.1 Å². The molecule has 0 aliphatic heterocycles. The summed E-state index contributed by atoms with van der Waals surface area (Å²) < 4.78 is 5.21. The van der Waals surface area contributed by atoms with Gasteiger partial charge in [0, 0.05) is 10.9 Å². The molecular formula is C15H10N2OS. The van der Waals surface area contributed by atoms with Gasteiger partial charge in [0.05, 0.1) is 12.8 Å². The zero-order valence-electron chi connectivity index (χ0n) is 10.3. The average Bonchev–Trinajstić information content (AvgIpc) is 2.95. The lowest BCUT2D eigenvalue weighted by Gasteiger charge is -2.04. The van der Waals surface area contributed by atoms with Crippen LogP contribution in [0.25, 0.3) is 22.0 Å². The molecule has 0 atom stereocenters. The molecule has 1 heterocycles. The van der Waals surface area contributed by atoms with E-state index in [0.29, 0.717) is 5.01 Å². The summed E-state index contributed by atoms with van der Waals surface area (Å²) in [5.41, 5.74) is 1.87. The molecule has 2 aromatic carbocycles. The SMILES string of the molecule is COc1ccc2cc(-c3csc(C#N)n3)ccc2c1. The van der Waals surface area contributed by atoms with Crippen molar-refractivity contribution in [1.29, 1.82) is 5.26 Å². The molecule has 0 unspecified atom stereocenters. The Hall–Kier alpha value is -2.38. The van der Waals surface area contributed by atoms with Crippen molar-refractivity contribution < 1.29 is 4.74 Å². The predicted molar refractivity (Wildman–Crippen MR) is 76.3 cm³/mol. The lowest BCUT2D eigenvalue weighted by atomic mass is 10.1. The molecule has 3 aromatic rings. The van der Waals surface area contributed by atoms with Crippen LogP contribution in [0.3, 0.4) is 0 Å². The van der Waals surface area contributed by atoms with Gasteiger partial charge >= 0.3 is 0 Å². The van der Waals surface area contributed by atoms with Crippen molar-refractivity contribution in [2.24, 2.45) is 0 Å². The summed E-state index contributed by atoms with van der Waals surface area (Å²) >= 11 is 1.36. The summed E-state index contributed by atoms with van der Waals surface area (Å²) in [7, 11) is 1.66. The molecule has 0 bridgehead atoms. The molecule has 0 aliphatic rings. The van der Waals surface area contributed by atoms with Crippen LogP contribution in [0.1, 0.15) is 5.01 Å². The summed E-state index contributed by atoms with van der Waals surface area (Å²) in [6.07, 6.45) is 0. The molecule has 0 saturated heterocycles. The maximum absolute atomic E-state index is 8.81. The van der Waals surface area contributed by atoms with E-state index in [-0.39, 0.29) is 0 Å². The first-order valence-electron chi connectivity index (χ1n) is 5.74. The third kappa shape index (κ3) is 2.16. The van der Waals surface area contributed by atoms with E-state index in [9.17, 15) is 0 Å². The van der Waals surface area contributed by atoms with Gasteiger partial charge in [-0.05, 0) is 29.0 Å². The molecule has 0 fully saturated rings. The van der Waals surface area contributed by atoms with Crippen molar-refractivity contribution in [3.63, 3.8) is 0 Å². The first-order valence-corrected chi connectivity index (χ1v) is 6.62. The summed E-state index contributed by atoms with van der Waals surface area (Å²) in [6.45, 7) is 0. The van der Waals surface area contributed by atoms with Crippen LogP contribution in [-0.4, -0.2) is 12.1 Å². The molecule has 4 heteroatoms. The fraction of sp³-hybridized carbons (Fsp3) is 0.0667. The van der Waals surface area contributed by atoms with E-state index < -0.39 is 0 Å². The van der Waals surface area contributed by atoms with Gasteiger partial charge in [0.1, 0.15) is 11.8 Å². The molecular weight excluding hydrogens is 256 g/mol. The fourth-order valence-electron chi connectivity index (χ4n) is 1.97. The van der Waals surface area contributed by atoms with Crippen LogP contribution in [0, 0.1) is 11.3 Å². The standard InChI is InChI=1S/C15H10N2OS/c1-18-13-5-4-10-6-12(3-2-11(10)7-13)14-9-19-15(8-16)17-14/h2-7,9H,1H3. The quantitative estimate of drug-likeness (QED) is 0.708. The molecule has 19 heavy (non-hydrogen) atoms. The molecule has 0 spiro atoms. The third-order valence-electron chi connectivity index (χ3n) is 2.94. The molecule has 3 nitrogen and oxygen atoms in total. The van der Waals surface area contributed by atoms with E-state index in [1.54, 1.807) is 7.11 Å². The maximum Gasteiger partial charge on any atom is 0.194 e. The largest absolute Gasteiger partial charge is 0.497 e. The Labute approximate surface area is 114 Å². The lowest BCUT2D eigenvalue weighted by Crippen LogP contribution is -1.83. The lowest BCUT2D eigenvalue weighted by molar-refractivity contribution is 0.415. The van der Waals surface area contributed by atoms with Gasteiger partial charge in [-0.3, -0.25) is 0 Å². The van der Waals surface area contributed by atoms with Crippen LogP contribution in [-0.2, 0) is 0 Å². The Bertz CT molecular complexity index is 786. The third-order valence-corrected chi connectivity index (χ3v) is 3.69. The molecule has 3 rings (SSSR count). The molecule has 0 aliphatic carbocycles. The van der Waals surface area contributed by atoms with Crippen LogP contribution < -0.4 is 4.74 Å². The van der Waals surface area contributed by atoms with Crippen LogP contribution >= 0.6 is 11.3 Å². The molecule has 92 valence electrons. The van der Waals surface area contributed by atoms with E-state index in [4.69, 9.17) is 10.00 Å². The number of aromatic nitrogens is 1. The Balaban J connectivity index is 2.09. The van der Waals surface area contributed by atoms with Crippen molar-refractivity contribution >= 4 is 22.1 Å². The van der Waals surface area contributed by atoms with Crippen molar-refractivity contribution in [1.82, 2.24) is 4.98 Å². The Kier molecular flexibility index (Phi) is 2.90. The van der Waals surface area contributed by atoms with Crippen molar-refractivity contribution in [3.8, 4) is 23.1 Å². The zero-order chi connectivity index (χ0) is 13.2. The van der Waals surface area contributed by atoms with Crippen molar-refractivity contribution in [2.45, 2.75) is 0 Å². The molecule has 0 radical (unpaired) electrons. The van der Waals surface area contributed by atoms with Gasteiger partial charge in [-0.1, -0.05) is 18.2 Å². The second kappa shape index (κ2) is 4.71. The average molecular weight is 266 g/mol. The smallest absolute Gasteiger partial charge is 0.194 e. The summed E-state index contributed by atoms with van der Waals surface area (Å²) in [5.74, 6) is 0.848. The van der Waals surface area contributed by atoms with Gasteiger partial charge in [-0.25, -0.2) is 4.98 Å². The number of benzene rings is 2. The molecule has 0 saturated carbocycles. The number of thiazole rings is 1. The number of fused-ring (bicyclic) bond motifs is 1. The molecule has 1 aromatic heterocycles. The monoisotopic (exact) mass is 266 g/mol. The maximum atomic E-state index is 8.81. The second-order valence-corrected chi connectivity index (χ2v) is 4.94. The Morgan fingerprint density at radius 1 is 1.16 bits per heavy atom. The first kappa shape index (κ1) is 11.7. The Morgan fingerprint density at radius 3 is 2.68 bits per heavy atom. The molecule has 0 amide bonds. The number of rotatable bonds is 2. The summed E-state index contributed by atoms with van der Waals surface area (Å²) in [4.78, 5) is 4.27. The highest BCUT2D eigenvalue weighted by Gasteiger charge is 2.05. The van der Waals surface area contributed by atoms with E-state index in [1.165, 1.54) is 11.3 Å². The fourth-order valence-corrected chi connectivity index (χ4v) is 2.58. The number of nitrogens with zero attached hydrogens (tertiary/aromatic N) is 2. The first-order chi connectivity index (χ1) is 9.30. The second-order valence-electron chi connectivity index (χ2n) is 4.08. The van der Waals surface area contributed by atoms with Crippen LogP contribution in [0.15, 0.2) is 41.8 Å². The van der Waals surface area contributed by atoms with Gasteiger partial charge < -0.3 is 4.74 Å². The number of hydrogen-bond acceptors (Lipinski definition) is 4. The zero-order valence-corrected chi connectivity index (χ0v) is 11.1. The minimum atomic E-state index is 0.491. The van der Waals surface area contributed by atoms with E-state index >= 15 is 0 Å². The van der Waals surface area contributed by atoms with Gasteiger partial charge in [0.25, 0.3) is 0 Å². The number of hydrogen-bond donors (Lipinski definition) is 0. The van der Waals surface area contributed by atoms with Crippen LogP contribution in [0.4, 0.5) is 0 Å². The van der Waals surface area contributed by atoms with E-state index in [1.807, 2.05) is 35.7 Å². The van der Waals surface area contributed by atoms with E-state index in [0.717, 1.165) is 27.8 Å². The summed E-state index contributed by atoms with van der Waals surface area (Å²) in [5, 5.41) is 13.5. The van der Waals surface area contributed by atoms with Gasteiger partial charge in [0.15, 0.2) is 5.01 Å². The van der Waals surface area contributed by atoms with Crippen LogP contribution in [0.5, 0.6) is 5.75 Å². The Morgan fingerprint density at radius 2 is 1.95 bits per heavy atom. The van der Waals surface area contributed by atoms with Gasteiger partial charge in [-0.2, -0.15) is 5.26 Å². The number of ether oxygens (including phenoxy) is 1. The normalized spacial score (nSPS) is 10.3. The topological polar surface area (TPSA) is 45.9 Å². The van der Waals surface area contributed by atoms with Crippen LogP contribution in [0.2, 0.25) is 0 Å².